The van der Waals surface area contributed by atoms with Crippen LogP contribution in [0.4, 0.5) is 0 Å². The van der Waals surface area contributed by atoms with Gasteiger partial charge >= 0.3 is 0 Å². The zero-order valence-electron chi connectivity index (χ0n) is 26.3. The van der Waals surface area contributed by atoms with Crippen molar-refractivity contribution in [2.75, 3.05) is 32.7 Å². The molecule has 5 heteroatoms. The molecule has 1 saturated heterocycles. The lowest BCUT2D eigenvalue weighted by molar-refractivity contribution is 0.0895. The SMILES string of the molecule is N#Cc1ccc2[nH]cc(CCCCN3CC=C(c4ccc5c(c4)CC(CC4CCN(Cc6ccccc6)CC4)C5=O)CC3)c2c1. The van der Waals surface area contributed by atoms with Crippen LogP contribution in [0.1, 0.15) is 76.7 Å². The highest BCUT2D eigenvalue weighted by Crippen LogP contribution is 2.36. The van der Waals surface area contributed by atoms with E-state index in [-0.39, 0.29) is 5.92 Å². The Morgan fingerprint density at radius 1 is 0.933 bits per heavy atom. The van der Waals surface area contributed by atoms with Gasteiger partial charge in [-0.05, 0) is 123 Å². The number of piperidine rings is 1. The van der Waals surface area contributed by atoms with Crippen LogP contribution in [0, 0.1) is 23.2 Å². The molecule has 230 valence electrons. The van der Waals surface area contributed by atoms with E-state index in [2.05, 4.69) is 81.7 Å². The summed E-state index contributed by atoms with van der Waals surface area (Å²) in [5.41, 5.74) is 9.52. The van der Waals surface area contributed by atoms with E-state index in [1.165, 1.54) is 52.5 Å². The van der Waals surface area contributed by atoms with Crippen molar-refractivity contribution in [1.82, 2.24) is 14.8 Å². The Morgan fingerprint density at radius 3 is 2.60 bits per heavy atom. The quantitative estimate of drug-likeness (QED) is 0.190. The van der Waals surface area contributed by atoms with Gasteiger partial charge in [0, 0.05) is 48.2 Å². The fraction of sp³-hybridized carbons (Fsp3) is 0.400. The number of hydrogen-bond acceptors (Lipinski definition) is 4. The number of nitriles is 1. The first-order chi connectivity index (χ1) is 22.1. The Hall–Kier alpha value is -3.98. The highest BCUT2D eigenvalue weighted by Gasteiger charge is 2.33. The monoisotopic (exact) mass is 596 g/mol. The third-order valence-electron chi connectivity index (χ3n) is 10.5. The zero-order valence-corrected chi connectivity index (χ0v) is 26.3. The Balaban J connectivity index is 0.869. The molecule has 0 spiro atoms. The van der Waals surface area contributed by atoms with Gasteiger partial charge < -0.3 is 4.98 Å². The maximum Gasteiger partial charge on any atom is 0.166 e. The lowest BCUT2D eigenvalue weighted by Crippen LogP contribution is -2.34. The maximum absolute atomic E-state index is 13.4. The summed E-state index contributed by atoms with van der Waals surface area (Å²) < 4.78 is 0. The number of carbonyl (C=O) groups excluding carboxylic acids is 1. The predicted octanol–water partition coefficient (Wildman–Crippen LogP) is 7.81. The Bertz CT molecular complexity index is 1720. The molecule has 3 aliphatic rings. The molecule has 0 amide bonds. The Kier molecular flexibility index (Phi) is 8.96. The fourth-order valence-corrected chi connectivity index (χ4v) is 7.88. The lowest BCUT2D eigenvalue weighted by atomic mass is 9.85. The number of likely N-dealkylation sites (tertiary alicyclic amines) is 1. The molecule has 7 rings (SSSR count). The van der Waals surface area contributed by atoms with Crippen molar-refractivity contribution in [2.45, 2.75) is 57.9 Å². The van der Waals surface area contributed by atoms with Gasteiger partial charge in [-0.2, -0.15) is 5.26 Å². The van der Waals surface area contributed by atoms with Crippen LogP contribution in [0.3, 0.4) is 0 Å². The van der Waals surface area contributed by atoms with Crippen molar-refractivity contribution < 1.29 is 4.79 Å². The van der Waals surface area contributed by atoms with Crippen LogP contribution in [-0.2, 0) is 19.4 Å². The van der Waals surface area contributed by atoms with Crippen molar-refractivity contribution in [2.24, 2.45) is 11.8 Å². The van der Waals surface area contributed by atoms with Crippen LogP contribution in [-0.4, -0.2) is 53.3 Å². The van der Waals surface area contributed by atoms with Gasteiger partial charge in [0.1, 0.15) is 0 Å². The standard InChI is InChI=1S/C40H44N4O/c41-26-31-9-12-39-38(23-31)34(27-42-39)8-4-5-17-43-20-15-32(16-21-43)33-10-11-37-35(24-33)25-36(40(37)45)22-29-13-18-44(19-14-29)28-30-6-2-1-3-7-30/h1-3,6-7,9-12,15,23-24,27,29,36,42H,4-5,8,13-14,16-22,25,28H2. The number of unbranched alkanes of at least 4 members (excludes halogenated alkanes) is 1. The van der Waals surface area contributed by atoms with Gasteiger partial charge in [0.25, 0.3) is 0 Å². The molecule has 3 heterocycles. The second kappa shape index (κ2) is 13.6. The van der Waals surface area contributed by atoms with E-state index in [9.17, 15) is 10.1 Å². The fourth-order valence-electron chi connectivity index (χ4n) is 7.88. The topological polar surface area (TPSA) is 63.1 Å². The smallest absolute Gasteiger partial charge is 0.166 e. The van der Waals surface area contributed by atoms with Crippen LogP contribution in [0.2, 0.25) is 0 Å². The predicted molar refractivity (Wildman–Crippen MR) is 182 cm³/mol. The van der Waals surface area contributed by atoms with E-state index >= 15 is 0 Å². The number of aromatic nitrogens is 1. The summed E-state index contributed by atoms with van der Waals surface area (Å²) in [7, 11) is 0. The molecule has 0 saturated carbocycles. The number of nitrogens with zero attached hydrogens (tertiary/aromatic N) is 3. The number of carbonyl (C=O) groups is 1. The van der Waals surface area contributed by atoms with Crippen molar-refractivity contribution >= 4 is 22.3 Å². The highest BCUT2D eigenvalue weighted by atomic mass is 16.1. The lowest BCUT2D eigenvalue weighted by Gasteiger charge is -2.33. The Morgan fingerprint density at radius 2 is 1.80 bits per heavy atom. The van der Waals surface area contributed by atoms with Gasteiger partial charge in [-0.1, -0.05) is 54.6 Å². The number of hydrogen-bond donors (Lipinski definition) is 1. The second-order valence-corrected chi connectivity index (χ2v) is 13.5. The number of aryl methyl sites for hydroxylation is 1. The molecule has 1 N–H and O–H groups in total. The van der Waals surface area contributed by atoms with E-state index < -0.39 is 0 Å². The molecule has 45 heavy (non-hydrogen) atoms. The van der Waals surface area contributed by atoms with E-state index in [0.29, 0.717) is 11.7 Å². The minimum atomic E-state index is 0.161. The largest absolute Gasteiger partial charge is 0.361 e. The number of fused-ring (bicyclic) bond motifs is 2. The summed E-state index contributed by atoms with van der Waals surface area (Å²) in [6.45, 7) is 6.51. The molecule has 1 aromatic heterocycles. The maximum atomic E-state index is 13.4. The summed E-state index contributed by atoms with van der Waals surface area (Å²) in [5, 5.41) is 10.4. The highest BCUT2D eigenvalue weighted by molar-refractivity contribution is 6.02. The number of H-pyrrole nitrogens is 1. The molecule has 1 fully saturated rings. The summed E-state index contributed by atoms with van der Waals surface area (Å²) in [5.74, 6) is 1.20. The van der Waals surface area contributed by atoms with Crippen LogP contribution >= 0.6 is 0 Å². The van der Waals surface area contributed by atoms with E-state index in [1.807, 2.05) is 18.2 Å². The molecular formula is C40H44N4O. The summed E-state index contributed by atoms with van der Waals surface area (Å²) in [6.07, 6.45) is 13.3. The first-order valence-electron chi connectivity index (χ1n) is 17.0. The number of rotatable bonds is 10. The average molecular weight is 597 g/mol. The van der Waals surface area contributed by atoms with Crippen LogP contribution in [0.15, 0.2) is 79.0 Å². The van der Waals surface area contributed by atoms with Crippen LogP contribution in [0.5, 0.6) is 0 Å². The minimum Gasteiger partial charge on any atom is -0.361 e. The first kappa shape index (κ1) is 29.7. The van der Waals surface area contributed by atoms with Gasteiger partial charge in [0.05, 0.1) is 11.6 Å². The molecule has 1 unspecified atom stereocenters. The third-order valence-corrected chi connectivity index (χ3v) is 10.5. The molecule has 5 nitrogen and oxygen atoms in total. The number of aromatic amines is 1. The summed E-state index contributed by atoms with van der Waals surface area (Å²) >= 11 is 0. The number of nitrogens with one attached hydrogen (secondary N) is 1. The molecular weight excluding hydrogens is 552 g/mol. The van der Waals surface area contributed by atoms with Crippen LogP contribution in [0.25, 0.3) is 16.5 Å². The molecule has 1 atom stereocenters. The number of ketones is 1. The van der Waals surface area contributed by atoms with E-state index in [1.54, 1.807) is 0 Å². The van der Waals surface area contributed by atoms with Crippen LogP contribution < -0.4 is 0 Å². The molecule has 4 aromatic rings. The zero-order chi connectivity index (χ0) is 30.6. The van der Waals surface area contributed by atoms with Gasteiger partial charge in [-0.25, -0.2) is 0 Å². The van der Waals surface area contributed by atoms with Gasteiger partial charge in [0.2, 0.25) is 0 Å². The van der Waals surface area contributed by atoms with Gasteiger partial charge in [-0.15, -0.1) is 0 Å². The Labute approximate surface area is 267 Å². The van der Waals surface area contributed by atoms with Crippen molar-refractivity contribution in [3.05, 3.63) is 112 Å². The van der Waals surface area contributed by atoms with E-state index in [4.69, 9.17) is 0 Å². The molecule has 3 aromatic carbocycles. The van der Waals surface area contributed by atoms with Crippen molar-refractivity contribution in [1.29, 1.82) is 5.26 Å². The first-order valence-corrected chi connectivity index (χ1v) is 17.0. The second-order valence-electron chi connectivity index (χ2n) is 13.5. The molecule has 0 bridgehead atoms. The molecule has 2 aliphatic heterocycles. The van der Waals surface area contributed by atoms with Gasteiger partial charge in [0.15, 0.2) is 5.78 Å². The molecule has 1 aliphatic carbocycles. The summed E-state index contributed by atoms with van der Waals surface area (Å²) in [6, 6.07) is 25.6. The number of Topliss-reactive ketones (excluding diaryl/α,β-unsaturated/α-hetero) is 1. The third kappa shape index (κ3) is 6.83. The van der Waals surface area contributed by atoms with E-state index in [0.717, 1.165) is 88.0 Å². The minimum absolute atomic E-state index is 0.161. The average Bonchev–Trinajstić information content (AvgIpc) is 3.63. The summed E-state index contributed by atoms with van der Waals surface area (Å²) in [4.78, 5) is 21.8. The normalized spacial score (nSPS) is 19.5. The number of benzene rings is 3. The van der Waals surface area contributed by atoms with Gasteiger partial charge in [-0.3, -0.25) is 14.6 Å². The van der Waals surface area contributed by atoms with Crippen molar-refractivity contribution in [3.63, 3.8) is 0 Å². The van der Waals surface area contributed by atoms with Crippen molar-refractivity contribution in [3.8, 4) is 6.07 Å². The molecule has 0 radical (unpaired) electrons.